The SMILES string of the molecule is CN(C(=O)Cn1ccc(=O)n(C)c1=O)C1CCNC1. The van der Waals surface area contributed by atoms with Gasteiger partial charge in [-0.2, -0.15) is 0 Å². The van der Waals surface area contributed by atoms with Gasteiger partial charge in [0, 0.05) is 38.9 Å². The fourth-order valence-electron chi connectivity index (χ4n) is 2.17. The molecule has 1 unspecified atom stereocenters. The molecule has 1 aliphatic heterocycles. The maximum absolute atomic E-state index is 12.1. The average molecular weight is 266 g/mol. The van der Waals surface area contributed by atoms with E-state index in [1.54, 1.807) is 11.9 Å². The molecule has 1 saturated heterocycles. The minimum absolute atomic E-state index is 0.0417. The van der Waals surface area contributed by atoms with Gasteiger partial charge in [0.25, 0.3) is 5.56 Å². The highest BCUT2D eigenvalue weighted by atomic mass is 16.2. The summed E-state index contributed by atoms with van der Waals surface area (Å²) in [6, 6.07) is 1.46. The fourth-order valence-corrected chi connectivity index (χ4v) is 2.17. The predicted molar refractivity (Wildman–Crippen MR) is 70.0 cm³/mol. The lowest BCUT2D eigenvalue weighted by atomic mass is 10.2. The zero-order valence-corrected chi connectivity index (χ0v) is 11.1. The summed E-state index contributed by atoms with van der Waals surface area (Å²) in [5, 5.41) is 3.19. The number of amides is 1. The number of nitrogens with zero attached hydrogens (tertiary/aromatic N) is 3. The molecule has 0 radical (unpaired) electrons. The minimum atomic E-state index is -0.473. The smallest absolute Gasteiger partial charge is 0.331 e. The molecule has 1 N–H and O–H groups in total. The van der Waals surface area contributed by atoms with E-state index < -0.39 is 5.69 Å². The van der Waals surface area contributed by atoms with Gasteiger partial charge in [-0.15, -0.1) is 0 Å². The molecule has 0 saturated carbocycles. The molecule has 19 heavy (non-hydrogen) atoms. The third kappa shape index (κ3) is 2.76. The van der Waals surface area contributed by atoms with Gasteiger partial charge in [-0.05, 0) is 13.0 Å². The number of likely N-dealkylation sites (N-methyl/N-ethyl adjacent to an activating group) is 1. The van der Waals surface area contributed by atoms with Crippen LogP contribution >= 0.6 is 0 Å². The van der Waals surface area contributed by atoms with E-state index in [4.69, 9.17) is 0 Å². The number of rotatable bonds is 3. The van der Waals surface area contributed by atoms with Crippen molar-refractivity contribution in [2.45, 2.75) is 19.0 Å². The van der Waals surface area contributed by atoms with E-state index in [9.17, 15) is 14.4 Å². The summed E-state index contributed by atoms with van der Waals surface area (Å²) in [5.74, 6) is -0.130. The summed E-state index contributed by atoms with van der Waals surface area (Å²) in [6.07, 6.45) is 2.29. The van der Waals surface area contributed by atoms with Gasteiger partial charge >= 0.3 is 5.69 Å². The van der Waals surface area contributed by atoms with Crippen molar-refractivity contribution in [2.75, 3.05) is 20.1 Å². The highest BCUT2D eigenvalue weighted by Crippen LogP contribution is 2.06. The van der Waals surface area contributed by atoms with Crippen LogP contribution in [0, 0.1) is 0 Å². The molecular formula is C12H18N4O3. The van der Waals surface area contributed by atoms with E-state index >= 15 is 0 Å². The van der Waals surface area contributed by atoms with Crippen molar-refractivity contribution in [2.24, 2.45) is 7.05 Å². The van der Waals surface area contributed by atoms with Gasteiger partial charge in [-0.3, -0.25) is 18.7 Å². The zero-order chi connectivity index (χ0) is 14.0. The van der Waals surface area contributed by atoms with Crippen LogP contribution < -0.4 is 16.6 Å². The Balaban J connectivity index is 2.13. The first-order chi connectivity index (χ1) is 9.00. The molecule has 7 heteroatoms. The number of carbonyl (C=O) groups is 1. The Bertz CT molecular complexity index is 583. The van der Waals surface area contributed by atoms with Gasteiger partial charge in [-0.1, -0.05) is 0 Å². The molecule has 1 aromatic heterocycles. The maximum atomic E-state index is 12.1. The van der Waals surface area contributed by atoms with Crippen molar-refractivity contribution < 1.29 is 4.79 Å². The lowest BCUT2D eigenvalue weighted by molar-refractivity contribution is -0.132. The monoisotopic (exact) mass is 266 g/mol. The molecule has 104 valence electrons. The second kappa shape index (κ2) is 5.40. The van der Waals surface area contributed by atoms with E-state index in [1.807, 2.05) is 0 Å². The van der Waals surface area contributed by atoms with E-state index in [2.05, 4.69) is 5.32 Å². The predicted octanol–water partition coefficient (Wildman–Crippen LogP) is -1.63. The highest BCUT2D eigenvalue weighted by Gasteiger charge is 2.23. The molecule has 2 heterocycles. The Morgan fingerprint density at radius 1 is 1.53 bits per heavy atom. The van der Waals surface area contributed by atoms with Gasteiger partial charge in [0.05, 0.1) is 0 Å². The number of hydrogen-bond acceptors (Lipinski definition) is 4. The first kappa shape index (κ1) is 13.5. The molecule has 1 aliphatic rings. The van der Waals surface area contributed by atoms with Crippen LogP contribution in [0.3, 0.4) is 0 Å². The van der Waals surface area contributed by atoms with E-state index in [0.717, 1.165) is 24.1 Å². The summed E-state index contributed by atoms with van der Waals surface area (Å²) < 4.78 is 2.24. The van der Waals surface area contributed by atoms with E-state index in [0.29, 0.717) is 0 Å². The van der Waals surface area contributed by atoms with Crippen molar-refractivity contribution in [1.82, 2.24) is 19.4 Å². The van der Waals surface area contributed by atoms with Gasteiger partial charge in [0.2, 0.25) is 5.91 Å². The second-order valence-electron chi connectivity index (χ2n) is 4.77. The van der Waals surface area contributed by atoms with E-state index in [-0.39, 0.29) is 24.1 Å². The van der Waals surface area contributed by atoms with Crippen LogP contribution in [0.4, 0.5) is 0 Å². The third-order valence-corrected chi connectivity index (χ3v) is 3.54. The highest BCUT2D eigenvalue weighted by molar-refractivity contribution is 5.76. The van der Waals surface area contributed by atoms with Crippen LogP contribution in [0.2, 0.25) is 0 Å². The van der Waals surface area contributed by atoms with Gasteiger partial charge in [0.15, 0.2) is 0 Å². The maximum Gasteiger partial charge on any atom is 0.331 e. The number of hydrogen-bond donors (Lipinski definition) is 1. The molecule has 1 atom stereocenters. The standard InChI is InChI=1S/C12H18N4O3/c1-14(9-3-5-13-7-9)11(18)8-16-6-4-10(17)15(2)12(16)19/h4,6,9,13H,3,5,7-8H2,1-2H3. The van der Waals surface area contributed by atoms with Gasteiger partial charge in [0.1, 0.15) is 6.54 Å². The van der Waals surface area contributed by atoms with Crippen LogP contribution in [-0.4, -0.2) is 46.1 Å². The topological polar surface area (TPSA) is 76.3 Å². The molecule has 0 bridgehead atoms. The van der Waals surface area contributed by atoms with Gasteiger partial charge in [-0.25, -0.2) is 4.79 Å². The zero-order valence-electron chi connectivity index (χ0n) is 11.1. The normalized spacial score (nSPS) is 18.5. The summed E-state index contributed by atoms with van der Waals surface area (Å²) in [4.78, 5) is 36.8. The van der Waals surface area contributed by atoms with Crippen LogP contribution in [0.1, 0.15) is 6.42 Å². The average Bonchev–Trinajstić information content (AvgIpc) is 2.92. The van der Waals surface area contributed by atoms with Crippen molar-refractivity contribution in [1.29, 1.82) is 0 Å². The summed E-state index contributed by atoms with van der Waals surface area (Å²) >= 11 is 0. The Morgan fingerprint density at radius 2 is 2.26 bits per heavy atom. The molecule has 0 aromatic carbocycles. The quantitative estimate of drug-likeness (QED) is 0.712. The van der Waals surface area contributed by atoms with Crippen LogP contribution in [0.5, 0.6) is 0 Å². The van der Waals surface area contributed by atoms with Crippen LogP contribution in [0.25, 0.3) is 0 Å². The van der Waals surface area contributed by atoms with Gasteiger partial charge < -0.3 is 10.2 Å². The molecule has 1 amide bonds. The van der Waals surface area contributed by atoms with Crippen molar-refractivity contribution in [3.05, 3.63) is 33.1 Å². The molecule has 1 aromatic rings. The Labute approximate surface area is 110 Å². The van der Waals surface area contributed by atoms with Crippen LogP contribution in [0.15, 0.2) is 21.9 Å². The number of carbonyl (C=O) groups excluding carboxylic acids is 1. The van der Waals surface area contributed by atoms with Crippen molar-refractivity contribution >= 4 is 5.91 Å². The molecule has 1 fully saturated rings. The lowest BCUT2D eigenvalue weighted by Gasteiger charge is -2.24. The Hall–Kier alpha value is -1.89. The van der Waals surface area contributed by atoms with Crippen LogP contribution in [-0.2, 0) is 18.4 Å². The second-order valence-corrected chi connectivity index (χ2v) is 4.77. The van der Waals surface area contributed by atoms with Crippen molar-refractivity contribution in [3.8, 4) is 0 Å². The first-order valence-electron chi connectivity index (χ1n) is 6.23. The lowest BCUT2D eigenvalue weighted by Crippen LogP contribution is -2.44. The molecule has 0 aliphatic carbocycles. The molecule has 7 nitrogen and oxygen atoms in total. The van der Waals surface area contributed by atoms with Crippen molar-refractivity contribution in [3.63, 3.8) is 0 Å². The number of nitrogens with one attached hydrogen (secondary N) is 1. The third-order valence-electron chi connectivity index (χ3n) is 3.54. The molecular weight excluding hydrogens is 248 g/mol. The Kier molecular flexibility index (Phi) is 3.84. The summed E-state index contributed by atoms with van der Waals surface area (Å²) in [6.45, 7) is 1.65. The largest absolute Gasteiger partial charge is 0.340 e. The Morgan fingerprint density at radius 3 is 2.89 bits per heavy atom. The first-order valence-corrected chi connectivity index (χ1v) is 6.23. The van der Waals surface area contributed by atoms with E-state index in [1.165, 1.54) is 23.9 Å². The summed E-state index contributed by atoms with van der Waals surface area (Å²) in [7, 11) is 3.14. The fraction of sp³-hybridized carbons (Fsp3) is 0.583. The molecule has 0 spiro atoms. The minimum Gasteiger partial charge on any atom is -0.340 e. The molecule has 2 rings (SSSR count). The summed E-state index contributed by atoms with van der Waals surface area (Å²) in [5.41, 5.74) is -0.846. The number of aromatic nitrogens is 2.